The number of carbonyl (C=O) groups excluding carboxylic acids is 1. The average Bonchev–Trinajstić information content (AvgIpc) is 2.69. The first-order valence-electron chi connectivity index (χ1n) is 4.86. The second-order valence-corrected chi connectivity index (χ2v) is 4.71. The van der Waals surface area contributed by atoms with Crippen molar-refractivity contribution in [3.05, 3.63) is 28.1 Å². The average molecular weight is 253 g/mol. The maximum Gasteiger partial charge on any atom is 0.351 e. The zero-order valence-corrected chi connectivity index (χ0v) is 10.5. The van der Waals surface area contributed by atoms with Crippen LogP contribution in [0.15, 0.2) is 21.3 Å². The lowest BCUT2D eigenvalue weighted by molar-refractivity contribution is 0.0596. The molecule has 0 aliphatic rings. The van der Waals surface area contributed by atoms with Crippen molar-refractivity contribution in [2.75, 3.05) is 26.1 Å². The second-order valence-electron chi connectivity index (χ2n) is 3.65. The van der Waals surface area contributed by atoms with Gasteiger partial charge in [0.2, 0.25) is 0 Å². The fourth-order valence-electron chi connectivity index (χ4n) is 1.37. The Morgan fingerprint density at radius 2 is 2.12 bits per heavy atom. The van der Waals surface area contributed by atoms with E-state index in [0.717, 1.165) is 9.70 Å². The van der Waals surface area contributed by atoms with E-state index in [1.54, 1.807) is 6.07 Å². The number of ether oxygens (including phenoxy) is 1. The van der Waals surface area contributed by atoms with E-state index in [2.05, 4.69) is 4.74 Å². The summed E-state index contributed by atoms with van der Waals surface area (Å²) in [4.78, 5) is 24.8. The Morgan fingerprint density at radius 3 is 2.71 bits per heavy atom. The summed E-state index contributed by atoms with van der Waals surface area (Å²) in [5.41, 5.74) is -0.268. The molecule has 2 aromatic rings. The molecule has 17 heavy (non-hydrogen) atoms. The van der Waals surface area contributed by atoms with Crippen molar-refractivity contribution in [1.29, 1.82) is 0 Å². The summed E-state index contributed by atoms with van der Waals surface area (Å²) in [5, 5.41) is 0.949. The minimum Gasteiger partial charge on any atom is -0.465 e. The Hall–Kier alpha value is -1.82. The third-order valence-corrected chi connectivity index (χ3v) is 3.49. The number of methoxy groups -OCH3 is 1. The van der Waals surface area contributed by atoms with Crippen molar-refractivity contribution < 1.29 is 13.9 Å². The van der Waals surface area contributed by atoms with Crippen LogP contribution in [0.25, 0.3) is 10.3 Å². The molecular weight excluding hydrogens is 242 g/mol. The van der Waals surface area contributed by atoms with E-state index in [0.29, 0.717) is 5.58 Å². The van der Waals surface area contributed by atoms with Crippen molar-refractivity contribution >= 4 is 32.6 Å². The number of fused-ring (bicyclic) bond motifs is 1. The fraction of sp³-hybridized carbons (Fsp3) is 0.273. The number of carbonyl (C=O) groups is 1. The molecule has 2 aromatic heterocycles. The molecule has 0 spiro atoms. The van der Waals surface area contributed by atoms with E-state index in [1.807, 2.05) is 19.0 Å². The monoisotopic (exact) mass is 253 g/mol. The van der Waals surface area contributed by atoms with Gasteiger partial charge in [-0.05, 0) is 6.07 Å². The van der Waals surface area contributed by atoms with Crippen LogP contribution in [-0.2, 0) is 4.74 Å². The molecule has 90 valence electrons. The van der Waals surface area contributed by atoms with Crippen LogP contribution >= 0.6 is 11.3 Å². The molecule has 0 fully saturated rings. The van der Waals surface area contributed by atoms with Gasteiger partial charge in [-0.15, -0.1) is 11.3 Å². The highest BCUT2D eigenvalue weighted by molar-refractivity contribution is 7.22. The normalized spacial score (nSPS) is 10.5. The van der Waals surface area contributed by atoms with Gasteiger partial charge in [0.05, 0.1) is 16.8 Å². The van der Waals surface area contributed by atoms with Crippen LogP contribution in [-0.4, -0.2) is 27.2 Å². The number of nitrogens with zero attached hydrogens (tertiary/aromatic N) is 1. The Kier molecular flexibility index (Phi) is 2.89. The second kappa shape index (κ2) is 4.21. The van der Waals surface area contributed by atoms with E-state index in [1.165, 1.54) is 24.5 Å². The molecular formula is C11H11NO4S. The van der Waals surface area contributed by atoms with Crippen LogP contribution in [0.1, 0.15) is 10.4 Å². The van der Waals surface area contributed by atoms with Gasteiger partial charge in [-0.3, -0.25) is 0 Å². The van der Waals surface area contributed by atoms with Gasteiger partial charge in [-0.25, -0.2) is 9.59 Å². The van der Waals surface area contributed by atoms with Crippen molar-refractivity contribution in [3.63, 3.8) is 0 Å². The number of hydrogen-bond acceptors (Lipinski definition) is 6. The first-order valence-corrected chi connectivity index (χ1v) is 5.68. The summed E-state index contributed by atoms with van der Waals surface area (Å²) < 4.78 is 10.3. The third-order valence-electron chi connectivity index (χ3n) is 2.26. The standard InChI is InChI=1S/C11H11NO4S/c1-12(2)9-5-7-8(17-9)4-6(10(13)15-3)11(14)16-7/h4-5H,1-3H3. The number of anilines is 1. The lowest BCUT2D eigenvalue weighted by Gasteiger charge is -2.06. The van der Waals surface area contributed by atoms with Crippen LogP contribution in [0.3, 0.4) is 0 Å². The number of esters is 1. The number of hydrogen-bond donors (Lipinski definition) is 0. The maximum absolute atomic E-state index is 11.5. The zero-order valence-electron chi connectivity index (χ0n) is 9.64. The zero-order chi connectivity index (χ0) is 12.6. The van der Waals surface area contributed by atoms with E-state index < -0.39 is 11.6 Å². The molecule has 5 nitrogen and oxygen atoms in total. The van der Waals surface area contributed by atoms with E-state index in [4.69, 9.17) is 4.42 Å². The minimum absolute atomic E-state index is 0.0767. The van der Waals surface area contributed by atoms with Crippen LogP contribution < -0.4 is 10.5 Å². The summed E-state index contributed by atoms with van der Waals surface area (Å²) in [5.74, 6) is -0.680. The van der Waals surface area contributed by atoms with Crippen molar-refractivity contribution in [1.82, 2.24) is 0 Å². The molecule has 0 saturated heterocycles. The van der Waals surface area contributed by atoms with Gasteiger partial charge >= 0.3 is 11.6 Å². The van der Waals surface area contributed by atoms with Gasteiger partial charge in [0.1, 0.15) is 5.56 Å². The molecule has 0 unspecified atom stereocenters. The summed E-state index contributed by atoms with van der Waals surface area (Å²) in [6.45, 7) is 0. The van der Waals surface area contributed by atoms with Gasteiger partial charge in [-0.1, -0.05) is 0 Å². The number of rotatable bonds is 2. The topological polar surface area (TPSA) is 59.8 Å². The minimum atomic E-state index is -0.680. The lowest BCUT2D eigenvalue weighted by atomic mass is 10.3. The van der Waals surface area contributed by atoms with E-state index in [-0.39, 0.29) is 5.56 Å². The molecule has 2 rings (SSSR count). The van der Waals surface area contributed by atoms with Crippen molar-refractivity contribution in [3.8, 4) is 0 Å². The first kappa shape index (κ1) is 11.7. The molecule has 0 bridgehead atoms. The number of thiophene rings is 1. The van der Waals surface area contributed by atoms with Crippen LogP contribution in [0.4, 0.5) is 5.00 Å². The molecule has 0 aliphatic heterocycles. The lowest BCUT2D eigenvalue weighted by Crippen LogP contribution is -2.14. The SMILES string of the molecule is COC(=O)c1cc2sc(N(C)C)cc2oc1=O. The van der Waals surface area contributed by atoms with E-state index >= 15 is 0 Å². The van der Waals surface area contributed by atoms with Gasteiger partial charge < -0.3 is 14.1 Å². The van der Waals surface area contributed by atoms with Gasteiger partial charge in [0.25, 0.3) is 0 Å². The summed E-state index contributed by atoms with van der Waals surface area (Å²) in [6, 6.07) is 3.27. The fourth-order valence-corrected chi connectivity index (χ4v) is 2.33. The first-order chi connectivity index (χ1) is 8.02. The largest absolute Gasteiger partial charge is 0.465 e. The highest BCUT2D eigenvalue weighted by Crippen LogP contribution is 2.30. The van der Waals surface area contributed by atoms with Crippen LogP contribution in [0.2, 0.25) is 0 Å². The Labute approximate surface area is 101 Å². The molecule has 0 radical (unpaired) electrons. The van der Waals surface area contributed by atoms with E-state index in [9.17, 15) is 9.59 Å². The molecule has 0 atom stereocenters. The predicted octanol–water partition coefficient (Wildman–Crippen LogP) is 1.71. The molecule has 0 N–H and O–H groups in total. The highest BCUT2D eigenvalue weighted by atomic mass is 32.1. The van der Waals surface area contributed by atoms with Crippen molar-refractivity contribution in [2.45, 2.75) is 0 Å². The third kappa shape index (κ3) is 2.03. The van der Waals surface area contributed by atoms with Gasteiger partial charge in [0.15, 0.2) is 5.58 Å². The molecule has 0 aromatic carbocycles. The van der Waals surface area contributed by atoms with Crippen LogP contribution in [0, 0.1) is 0 Å². The molecule has 2 heterocycles. The molecule has 0 amide bonds. The Balaban J connectivity index is 2.64. The smallest absolute Gasteiger partial charge is 0.351 e. The Morgan fingerprint density at radius 1 is 1.41 bits per heavy atom. The predicted molar refractivity (Wildman–Crippen MR) is 66.0 cm³/mol. The van der Waals surface area contributed by atoms with Crippen LogP contribution in [0.5, 0.6) is 0 Å². The quantitative estimate of drug-likeness (QED) is 0.762. The molecule has 6 heteroatoms. The highest BCUT2D eigenvalue weighted by Gasteiger charge is 2.15. The van der Waals surface area contributed by atoms with Gasteiger partial charge in [-0.2, -0.15) is 0 Å². The van der Waals surface area contributed by atoms with Gasteiger partial charge in [0, 0.05) is 20.2 Å². The molecule has 0 aliphatic carbocycles. The maximum atomic E-state index is 11.5. The van der Waals surface area contributed by atoms with Crippen molar-refractivity contribution in [2.24, 2.45) is 0 Å². The molecule has 0 saturated carbocycles. The summed E-state index contributed by atoms with van der Waals surface area (Å²) >= 11 is 1.44. The summed E-state index contributed by atoms with van der Waals surface area (Å²) in [7, 11) is 5.01. The Bertz CT molecular complexity index is 626. The summed E-state index contributed by atoms with van der Waals surface area (Å²) in [6.07, 6.45) is 0.